The largest absolute Gasteiger partial charge is 0.348 e. The predicted molar refractivity (Wildman–Crippen MR) is 111 cm³/mol. The first kappa shape index (κ1) is 19.6. The summed E-state index contributed by atoms with van der Waals surface area (Å²) < 4.78 is 26.6. The SMILES string of the molecule is Cc1cccc(CNC(=O)c2ccc(N(C)S(=O)(=O)c3ccccc3)cc2)c1. The quantitative estimate of drug-likeness (QED) is 0.692. The highest BCUT2D eigenvalue weighted by Gasteiger charge is 2.21. The van der Waals surface area contributed by atoms with Gasteiger partial charge < -0.3 is 5.32 Å². The average molecular weight is 394 g/mol. The number of rotatable bonds is 6. The van der Waals surface area contributed by atoms with Crippen molar-refractivity contribution in [2.24, 2.45) is 0 Å². The number of amides is 1. The van der Waals surface area contributed by atoms with Crippen LogP contribution in [0.2, 0.25) is 0 Å². The third kappa shape index (κ3) is 4.40. The normalized spacial score (nSPS) is 11.1. The van der Waals surface area contributed by atoms with Gasteiger partial charge in [0, 0.05) is 19.2 Å². The molecule has 0 aromatic heterocycles. The Balaban J connectivity index is 1.69. The van der Waals surface area contributed by atoms with E-state index < -0.39 is 10.0 Å². The number of nitrogens with one attached hydrogen (secondary N) is 1. The van der Waals surface area contributed by atoms with Gasteiger partial charge in [0.25, 0.3) is 15.9 Å². The van der Waals surface area contributed by atoms with Crippen LogP contribution in [0.15, 0.2) is 83.8 Å². The molecule has 3 aromatic rings. The zero-order valence-electron chi connectivity index (χ0n) is 15.8. The van der Waals surface area contributed by atoms with Crippen LogP contribution in [0, 0.1) is 6.92 Å². The lowest BCUT2D eigenvalue weighted by molar-refractivity contribution is 0.0951. The molecule has 0 atom stereocenters. The number of sulfonamides is 1. The van der Waals surface area contributed by atoms with Crippen LogP contribution in [0.25, 0.3) is 0 Å². The fourth-order valence-electron chi connectivity index (χ4n) is 2.82. The average Bonchev–Trinajstić information content (AvgIpc) is 2.72. The second-order valence-corrected chi connectivity index (χ2v) is 8.47. The van der Waals surface area contributed by atoms with Gasteiger partial charge in [-0.25, -0.2) is 8.42 Å². The minimum Gasteiger partial charge on any atom is -0.348 e. The number of anilines is 1. The van der Waals surface area contributed by atoms with Crippen LogP contribution in [0.3, 0.4) is 0 Å². The molecule has 144 valence electrons. The number of hydrogen-bond donors (Lipinski definition) is 1. The Labute approximate surface area is 165 Å². The van der Waals surface area contributed by atoms with Crippen LogP contribution in [0.5, 0.6) is 0 Å². The molecule has 0 aliphatic rings. The number of aryl methyl sites for hydroxylation is 1. The molecule has 1 amide bonds. The molecule has 0 saturated heterocycles. The summed E-state index contributed by atoms with van der Waals surface area (Å²) in [7, 11) is -2.15. The van der Waals surface area contributed by atoms with Gasteiger partial charge in [0.05, 0.1) is 10.6 Å². The second-order valence-electron chi connectivity index (χ2n) is 6.50. The van der Waals surface area contributed by atoms with Gasteiger partial charge in [-0.1, -0.05) is 48.0 Å². The molecule has 0 unspecified atom stereocenters. The number of hydrogen-bond acceptors (Lipinski definition) is 3. The molecule has 28 heavy (non-hydrogen) atoms. The molecule has 0 spiro atoms. The minimum absolute atomic E-state index is 0.207. The summed E-state index contributed by atoms with van der Waals surface area (Å²) in [6.45, 7) is 2.44. The second kappa shape index (κ2) is 8.27. The first-order valence-electron chi connectivity index (χ1n) is 8.86. The topological polar surface area (TPSA) is 66.5 Å². The molecule has 0 aliphatic carbocycles. The van der Waals surface area contributed by atoms with Crippen molar-refractivity contribution in [2.45, 2.75) is 18.4 Å². The standard InChI is InChI=1S/C22H22N2O3S/c1-17-7-6-8-18(15-17)16-23-22(25)19-11-13-20(14-12-19)24(2)28(26,27)21-9-4-3-5-10-21/h3-15H,16H2,1-2H3,(H,23,25). The van der Waals surface area contributed by atoms with Gasteiger partial charge in [-0.15, -0.1) is 0 Å². The number of nitrogens with zero attached hydrogens (tertiary/aromatic N) is 1. The summed E-state index contributed by atoms with van der Waals surface area (Å²) in [6, 6.07) is 22.7. The summed E-state index contributed by atoms with van der Waals surface area (Å²) >= 11 is 0. The van der Waals surface area contributed by atoms with Crippen LogP contribution in [0.4, 0.5) is 5.69 Å². The number of carbonyl (C=O) groups is 1. The molecule has 0 heterocycles. The van der Waals surface area contributed by atoms with Gasteiger partial charge in [0.1, 0.15) is 0 Å². The molecular weight excluding hydrogens is 372 g/mol. The van der Waals surface area contributed by atoms with Crippen molar-refractivity contribution in [1.82, 2.24) is 5.32 Å². The van der Waals surface area contributed by atoms with Crippen molar-refractivity contribution >= 4 is 21.6 Å². The molecule has 0 aliphatic heterocycles. The monoisotopic (exact) mass is 394 g/mol. The van der Waals surface area contributed by atoms with Crippen molar-refractivity contribution in [2.75, 3.05) is 11.4 Å². The van der Waals surface area contributed by atoms with Crippen LogP contribution in [-0.4, -0.2) is 21.4 Å². The van der Waals surface area contributed by atoms with E-state index in [0.29, 0.717) is 17.8 Å². The van der Waals surface area contributed by atoms with E-state index in [0.717, 1.165) is 11.1 Å². The molecule has 0 saturated carbocycles. The van der Waals surface area contributed by atoms with Crippen molar-refractivity contribution < 1.29 is 13.2 Å². The molecule has 1 N–H and O–H groups in total. The lowest BCUT2D eigenvalue weighted by Gasteiger charge is -2.19. The highest BCUT2D eigenvalue weighted by Crippen LogP contribution is 2.22. The Morgan fingerprint density at radius 2 is 1.61 bits per heavy atom. The molecular formula is C22H22N2O3S. The third-order valence-electron chi connectivity index (χ3n) is 4.43. The zero-order valence-corrected chi connectivity index (χ0v) is 16.6. The molecule has 0 fully saturated rings. The van der Waals surface area contributed by atoms with E-state index in [1.165, 1.54) is 11.4 Å². The Morgan fingerprint density at radius 1 is 0.929 bits per heavy atom. The van der Waals surface area contributed by atoms with Crippen molar-refractivity contribution in [1.29, 1.82) is 0 Å². The van der Waals surface area contributed by atoms with Crippen LogP contribution >= 0.6 is 0 Å². The summed E-state index contributed by atoms with van der Waals surface area (Å²) in [5.74, 6) is -0.207. The predicted octanol–water partition coefficient (Wildman–Crippen LogP) is 3.75. The van der Waals surface area contributed by atoms with E-state index in [1.54, 1.807) is 54.6 Å². The number of carbonyl (C=O) groups excluding carboxylic acids is 1. The lowest BCUT2D eigenvalue weighted by atomic mass is 10.1. The Morgan fingerprint density at radius 3 is 2.25 bits per heavy atom. The maximum Gasteiger partial charge on any atom is 0.264 e. The third-order valence-corrected chi connectivity index (χ3v) is 6.23. The van der Waals surface area contributed by atoms with Gasteiger partial charge in [0.15, 0.2) is 0 Å². The lowest BCUT2D eigenvalue weighted by Crippen LogP contribution is -2.27. The number of benzene rings is 3. The van der Waals surface area contributed by atoms with Crippen LogP contribution < -0.4 is 9.62 Å². The van der Waals surface area contributed by atoms with E-state index in [9.17, 15) is 13.2 Å². The van der Waals surface area contributed by atoms with Gasteiger partial charge >= 0.3 is 0 Å². The summed E-state index contributed by atoms with van der Waals surface area (Å²) in [5.41, 5.74) is 3.12. The Kier molecular flexibility index (Phi) is 5.80. The first-order valence-corrected chi connectivity index (χ1v) is 10.3. The fraction of sp³-hybridized carbons (Fsp3) is 0.136. The van der Waals surface area contributed by atoms with Crippen LogP contribution in [0.1, 0.15) is 21.5 Å². The smallest absolute Gasteiger partial charge is 0.264 e. The minimum atomic E-state index is -3.64. The van der Waals surface area contributed by atoms with E-state index >= 15 is 0 Å². The Bertz CT molecular complexity index is 1060. The van der Waals surface area contributed by atoms with Crippen molar-refractivity contribution in [3.05, 3.63) is 95.6 Å². The van der Waals surface area contributed by atoms with E-state index in [2.05, 4.69) is 5.32 Å². The van der Waals surface area contributed by atoms with E-state index in [-0.39, 0.29) is 10.8 Å². The fourth-order valence-corrected chi connectivity index (χ4v) is 4.04. The van der Waals surface area contributed by atoms with Gasteiger partial charge in [-0.2, -0.15) is 0 Å². The molecule has 3 aromatic carbocycles. The van der Waals surface area contributed by atoms with E-state index in [1.807, 2.05) is 31.2 Å². The maximum absolute atomic E-state index is 12.7. The van der Waals surface area contributed by atoms with Crippen molar-refractivity contribution in [3.63, 3.8) is 0 Å². The highest BCUT2D eigenvalue weighted by molar-refractivity contribution is 7.92. The summed E-state index contributed by atoms with van der Waals surface area (Å²) in [5, 5.41) is 2.88. The molecule has 0 radical (unpaired) electrons. The van der Waals surface area contributed by atoms with E-state index in [4.69, 9.17) is 0 Å². The summed E-state index contributed by atoms with van der Waals surface area (Å²) in [6.07, 6.45) is 0. The molecule has 5 nitrogen and oxygen atoms in total. The molecule has 3 rings (SSSR count). The van der Waals surface area contributed by atoms with Gasteiger partial charge in [-0.3, -0.25) is 9.10 Å². The van der Waals surface area contributed by atoms with Gasteiger partial charge in [-0.05, 0) is 48.9 Å². The summed E-state index contributed by atoms with van der Waals surface area (Å²) in [4.78, 5) is 12.6. The zero-order chi connectivity index (χ0) is 20.1. The maximum atomic E-state index is 12.7. The first-order chi connectivity index (χ1) is 13.4. The molecule has 6 heteroatoms. The Hall–Kier alpha value is -3.12. The highest BCUT2D eigenvalue weighted by atomic mass is 32.2. The van der Waals surface area contributed by atoms with Crippen LogP contribution in [-0.2, 0) is 16.6 Å². The van der Waals surface area contributed by atoms with Gasteiger partial charge in [0.2, 0.25) is 0 Å². The molecule has 0 bridgehead atoms. The van der Waals surface area contributed by atoms with Crippen molar-refractivity contribution in [3.8, 4) is 0 Å².